The van der Waals surface area contributed by atoms with Gasteiger partial charge >= 0.3 is 5.97 Å². The maximum absolute atomic E-state index is 11.7. The molecule has 0 aromatic carbocycles. The number of aromatic nitrogens is 1. The van der Waals surface area contributed by atoms with E-state index in [0.29, 0.717) is 12.2 Å². The third kappa shape index (κ3) is 6.40. The molecule has 0 aliphatic rings. The Kier molecular flexibility index (Phi) is 5.29. The van der Waals surface area contributed by atoms with E-state index in [0.717, 1.165) is 0 Å². The molecule has 1 rings (SSSR count). The van der Waals surface area contributed by atoms with Crippen molar-refractivity contribution < 1.29 is 19.4 Å². The van der Waals surface area contributed by atoms with Crippen molar-refractivity contribution in [2.45, 2.75) is 32.2 Å². The Bertz CT molecular complexity index is 432. The third-order valence-corrected chi connectivity index (χ3v) is 2.45. The molecule has 1 heterocycles. The molecule has 0 aliphatic heterocycles. The Balaban J connectivity index is 2.36. The van der Waals surface area contributed by atoms with Crippen LogP contribution in [0.4, 0.5) is 0 Å². The molecule has 0 bridgehead atoms. The van der Waals surface area contributed by atoms with E-state index in [4.69, 9.17) is 9.84 Å². The van der Waals surface area contributed by atoms with Gasteiger partial charge in [-0.25, -0.2) is 0 Å². The Morgan fingerprint density at radius 2 is 2.21 bits per heavy atom. The topological polar surface area (TPSA) is 88.5 Å². The fraction of sp³-hybridized carbons (Fsp3) is 0.462. The van der Waals surface area contributed by atoms with Crippen molar-refractivity contribution in [1.29, 1.82) is 0 Å². The summed E-state index contributed by atoms with van der Waals surface area (Å²) in [5, 5.41) is 11.4. The van der Waals surface area contributed by atoms with Crippen molar-refractivity contribution in [1.82, 2.24) is 10.3 Å². The van der Waals surface area contributed by atoms with Gasteiger partial charge < -0.3 is 15.2 Å². The number of rotatable bonds is 7. The normalized spacial score (nSPS) is 10.8. The first-order chi connectivity index (χ1) is 8.89. The summed E-state index contributed by atoms with van der Waals surface area (Å²) in [4.78, 5) is 26.0. The quantitative estimate of drug-likeness (QED) is 0.774. The van der Waals surface area contributed by atoms with E-state index in [1.54, 1.807) is 32.2 Å². The molecule has 1 aromatic rings. The highest BCUT2D eigenvalue weighted by Crippen LogP contribution is 2.11. The molecular formula is C13H18N2O4. The lowest BCUT2D eigenvalue weighted by Gasteiger charge is -2.25. The van der Waals surface area contributed by atoms with Crippen LogP contribution >= 0.6 is 0 Å². The molecule has 0 atom stereocenters. The molecule has 0 saturated carbocycles. The van der Waals surface area contributed by atoms with Crippen LogP contribution in [0.2, 0.25) is 0 Å². The van der Waals surface area contributed by atoms with Crippen molar-refractivity contribution in [3.8, 4) is 5.75 Å². The summed E-state index contributed by atoms with van der Waals surface area (Å²) < 4.78 is 5.25. The van der Waals surface area contributed by atoms with E-state index in [9.17, 15) is 9.59 Å². The third-order valence-electron chi connectivity index (χ3n) is 2.45. The largest absolute Gasteiger partial charge is 0.482 e. The molecule has 0 aliphatic carbocycles. The van der Waals surface area contributed by atoms with E-state index >= 15 is 0 Å². The average Bonchev–Trinajstić information content (AvgIpc) is 2.35. The number of carbonyl (C=O) groups is 2. The van der Waals surface area contributed by atoms with Crippen LogP contribution in [-0.2, 0) is 9.59 Å². The van der Waals surface area contributed by atoms with Gasteiger partial charge in [0.1, 0.15) is 5.75 Å². The standard InChI is InChI=1S/C13H18N2O4/c1-13(2,6-5-12(17)18)15-11(16)9-19-10-4-3-7-14-8-10/h3-4,7-8H,5-6,9H2,1-2H3,(H,15,16)(H,17,18). The number of hydrogen-bond donors (Lipinski definition) is 2. The number of carbonyl (C=O) groups excluding carboxylic acids is 1. The molecule has 6 nitrogen and oxygen atoms in total. The van der Waals surface area contributed by atoms with E-state index in [-0.39, 0.29) is 18.9 Å². The Morgan fingerprint density at radius 3 is 2.79 bits per heavy atom. The highest BCUT2D eigenvalue weighted by molar-refractivity contribution is 5.78. The first-order valence-corrected chi connectivity index (χ1v) is 5.95. The van der Waals surface area contributed by atoms with Gasteiger partial charge in [0.2, 0.25) is 0 Å². The lowest BCUT2D eigenvalue weighted by Crippen LogP contribution is -2.45. The number of nitrogens with one attached hydrogen (secondary N) is 1. The summed E-state index contributed by atoms with van der Waals surface area (Å²) in [6, 6.07) is 3.42. The first kappa shape index (κ1) is 14.9. The number of hydrogen-bond acceptors (Lipinski definition) is 4. The zero-order valence-electron chi connectivity index (χ0n) is 11.0. The van der Waals surface area contributed by atoms with Gasteiger partial charge in [-0.3, -0.25) is 14.6 Å². The Hall–Kier alpha value is -2.11. The van der Waals surface area contributed by atoms with Gasteiger partial charge in [0.15, 0.2) is 6.61 Å². The lowest BCUT2D eigenvalue weighted by molar-refractivity contribution is -0.138. The minimum Gasteiger partial charge on any atom is -0.482 e. The van der Waals surface area contributed by atoms with Gasteiger partial charge in [-0.1, -0.05) is 0 Å². The minimum absolute atomic E-state index is 0.0107. The predicted octanol–water partition coefficient (Wildman–Crippen LogP) is 1.22. The minimum atomic E-state index is -0.881. The van der Waals surface area contributed by atoms with Crippen LogP contribution in [0.3, 0.4) is 0 Å². The predicted molar refractivity (Wildman–Crippen MR) is 68.8 cm³/mol. The summed E-state index contributed by atoms with van der Waals surface area (Å²) in [6.45, 7) is 3.43. The zero-order chi connectivity index (χ0) is 14.3. The van der Waals surface area contributed by atoms with Crippen molar-refractivity contribution in [2.75, 3.05) is 6.61 Å². The maximum Gasteiger partial charge on any atom is 0.303 e. The molecule has 19 heavy (non-hydrogen) atoms. The molecule has 2 N–H and O–H groups in total. The highest BCUT2D eigenvalue weighted by Gasteiger charge is 2.21. The summed E-state index contributed by atoms with van der Waals surface area (Å²) in [6.07, 6.45) is 3.50. The van der Waals surface area contributed by atoms with Gasteiger partial charge in [0.25, 0.3) is 5.91 Å². The second-order valence-corrected chi connectivity index (χ2v) is 4.80. The van der Waals surface area contributed by atoms with Crippen LogP contribution in [0, 0.1) is 0 Å². The van der Waals surface area contributed by atoms with E-state index in [1.165, 1.54) is 6.20 Å². The average molecular weight is 266 g/mol. The SMILES string of the molecule is CC(C)(CCC(=O)O)NC(=O)COc1cccnc1. The maximum atomic E-state index is 11.7. The number of carboxylic acids is 1. The zero-order valence-corrected chi connectivity index (χ0v) is 11.0. The monoisotopic (exact) mass is 266 g/mol. The molecule has 0 unspecified atom stereocenters. The molecule has 0 radical (unpaired) electrons. The molecule has 0 spiro atoms. The number of amides is 1. The summed E-state index contributed by atoms with van der Waals surface area (Å²) in [5.41, 5.74) is -0.576. The molecule has 0 saturated heterocycles. The molecule has 0 fully saturated rings. The van der Waals surface area contributed by atoms with Crippen LogP contribution in [0.1, 0.15) is 26.7 Å². The van der Waals surface area contributed by atoms with Crippen molar-refractivity contribution in [2.24, 2.45) is 0 Å². The van der Waals surface area contributed by atoms with Gasteiger partial charge in [-0.05, 0) is 32.4 Å². The second kappa shape index (κ2) is 6.72. The molecular weight excluding hydrogens is 248 g/mol. The highest BCUT2D eigenvalue weighted by atomic mass is 16.5. The Labute approximate surface area is 111 Å². The van der Waals surface area contributed by atoms with E-state index < -0.39 is 11.5 Å². The Morgan fingerprint density at radius 1 is 1.47 bits per heavy atom. The van der Waals surface area contributed by atoms with Gasteiger partial charge in [-0.2, -0.15) is 0 Å². The lowest BCUT2D eigenvalue weighted by atomic mass is 9.98. The summed E-state index contributed by atoms with van der Waals surface area (Å²) >= 11 is 0. The number of nitrogens with zero attached hydrogens (tertiary/aromatic N) is 1. The molecule has 104 valence electrons. The second-order valence-electron chi connectivity index (χ2n) is 4.80. The van der Waals surface area contributed by atoms with E-state index in [2.05, 4.69) is 10.3 Å². The van der Waals surface area contributed by atoms with Crippen LogP contribution in [0.15, 0.2) is 24.5 Å². The molecule has 6 heteroatoms. The summed E-state index contributed by atoms with van der Waals surface area (Å²) in [5.74, 6) is -0.658. The number of aliphatic carboxylic acids is 1. The smallest absolute Gasteiger partial charge is 0.303 e. The van der Waals surface area contributed by atoms with Crippen LogP contribution in [0.5, 0.6) is 5.75 Å². The number of pyridine rings is 1. The van der Waals surface area contributed by atoms with E-state index in [1.807, 2.05) is 0 Å². The van der Waals surface area contributed by atoms with Crippen LogP contribution < -0.4 is 10.1 Å². The van der Waals surface area contributed by atoms with Crippen LogP contribution in [-0.4, -0.2) is 34.1 Å². The summed E-state index contributed by atoms with van der Waals surface area (Å²) in [7, 11) is 0. The first-order valence-electron chi connectivity index (χ1n) is 5.95. The fourth-order valence-corrected chi connectivity index (χ4v) is 1.48. The van der Waals surface area contributed by atoms with Crippen molar-refractivity contribution >= 4 is 11.9 Å². The van der Waals surface area contributed by atoms with Crippen molar-refractivity contribution in [3.05, 3.63) is 24.5 Å². The molecule has 1 aromatic heterocycles. The number of ether oxygens (including phenoxy) is 1. The van der Waals surface area contributed by atoms with Gasteiger partial charge in [0.05, 0.1) is 6.20 Å². The van der Waals surface area contributed by atoms with Gasteiger partial charge in [0, 0.05) is 18.2 Å². The molecule has 1 amide bonds. The fourth-order valence-electron chi connectivity index (χ4n) is 1.48. The van der Waals surface area contributed by atoms with Gasteiger partial charge in [-0.15, -0.1) is 0 Å². The van der Waals surface area contributed by atoms with Crippen LogP contribution in [0.25, 0.3) is 0 Å². The van der Waals surface area contributed by atoms with Crippen molar-refractivity contribution in [3.63, 3.8) is 0 Å². The number of carboxylic acid groups (broad SMARTS) is 1.